The molecule has 3 nitrogen and oxygen atoms in total. The molecule has 2 aromatic carbocycles. The zero-order valence-corrected chi connectivity index (χ0v) is 14.1. The summed E-state index contributed by atoms with van der Waals surface area (Å²) in [5.41, 5.74) is 3.80. The Morgan fingerprint density at radius 3 is 2.73 bits per heavy atom. The molecule has 0 amide bonds. The molecule has 0 aliphatic carbocycles. The summed E-state index contributed by atoms with van der Waals surface area (Å²) < 4.78 is 34.6. The van der Waals surface area contributed by atoms with Crippen LogP contribution in [0, 0.1) is 18.6 Å². The number of halogens is 2. The molecule has 0 saturated heterocycles. The van der Waals surface area contributed by atoms with Crippen LogP contribution in [-0.4, -0.2) is 9.38 Å². The molecular formula is C21H16F2N2O. The summed E-state index contributed by atoms with van der Waals surface area (Å²) in [6, 6.07) is 14.9. The van der Waals surface area contributed by atoms with Crippen molar-refractivity contribution in [3.05, 3.63) is 89.8 Å². The number of aryl methyl sites for hydroxylation is 1. The molecule has 4 rings (SSSR count). The Kier molecular flexibility index (Phi) is 4.13. The molecular weight excluding hydrogens is 334 g/mol. The minimum Gasteiger partial charge on any atom is -0.489 e. The van der Waals surface area contributed by atoms with E-state index in [1.165, 1.54) is 0 Å². The van der Waals surface area contributed by atoms with E-state index in [4.69, 9.17) is 4.74 Å². The Morgan fingerprint density at radius 1 is 1.04 bits per heavy atom. The van der Waals surface area contributed by atoms with Gasteiger partial charge in [-0.2, -0.15) is 0 Å². The highest BCUT2D eigenvalue weighted by atomic mass is 19.1. The molecule has 0 fully saturated rings. The third kappa shape index (κ3) is 3.16. The number of pyridine rings is 1. The van der Waals surface area contributed by atoms with E-state index in [9.17, 15) is 8.78 Å². The average molecular weight is 350 g/mol. The Labute approximate surface area is 149 Å². The summed E-state index contributed by atoms with van der Waals surface area (Å²) in [7, 11) is 0. The van der Waals surface area contributed by atoms with E-state index >= 15 is 0 Å². The number of benzene rings is 2. The molecule has 0 bridgehead atoms. The lowest BCUT2D eigenvalue weighted by Gasteiger charge is -2.11. The normalized spacial score (nSPS) is 11.0. The van der Waals surface area contributed by atoms with E-state index < -0.39 is 11.6 Å². The fraction of sp³-hybridized carbons (Fsp3) is 0.0952. The predicted molar refractivity (Wildman–Crippen MR) is 96.1 cm³/mol. The Balaban J connectivity index is 1.56. The number of aromatic nitrogens is 2. The Morgan fingerprint density at radius 2 is 1.92 bits per heavy atom. The molecule has 26 heavy (non-hydrogen) atoms. The van der Waals surface area contributed by atoms with E-state index in [-0.39, 0.29) is 12.2 Å². The van der Waals surface area contributed by atoms with Gasteiger partial charge in [-0.05, 0) is 61.0 Å². The molecule has 0 atom stereocenters. The zero-order chi connectivity index (χ0) is 18.1. The SMILES string of the molecule is Cc1cc(-c2cn3ccccc3n2)ccc1OCc1cc(F)ccc1F. The number of imidazole rings is 1. The van der Waals surface area contributed by atoms with Crippen molar-refractivity contribution in [1.29, 1.82) is 0 Å². The van der Waals surface area contributed by atoms with Gasteiger partial charge in [0.05, 0.1) is 5.69 Å². The second kappa shape index (κ2) is 6.59. The smallest absolute Gasteiger partial charge is 0.137 e. The van der Waals surface area contributed by atoms with Gasteiger partial charge in [0.15, 0.2) is 0 Å². The molecule has 5 heteroatoms. The zero-order valence-electron chi connectivity index (χ0n) is 14.1. The highest BCUT2D eigenvalue weighted by Crippen LogP contribution is 2.27. The number of ether oxygens (including phenoxy) is 1. The predicted octanol–water partition coefficient (Wildman–Crippen LogP) is 5.17. The number of hydrogen-bond acceptors (Lipinski definition) is 2. The fourth-order valence-electron chi connectivity index (χ4n) is 2.85. The molecule has 0 radical (unpaired) electrons. The van der Waals surface area contributed by atoms with Crippen molar-refractivity contribution in [2.24, 2.45) is 0 Å². The molecule has 0 spiro atoms. The van der Waals surface area contributed by atoms with Crippen LogP contribution in [0.2, 0.25) is 0 Å². The first-order valence-electron chi connectivity index (χ1n) is 8.21. The number of fused-ring (bicyclic) bond motifs is 1. The van der Waals surface area contributed by atoms with E-state index in [1.807, 2.05) is 60.1 Å². The summed E-state index contributed by atoms with van der Waals surface area (Å²) in [4.78, 5) is 4.60. The summed E-state index contributed by atoms with van der Waals surface area (Å²) in [5, 5.41) is 0. The van der Waals surface area contributed by atoms with Gasteiger partial charge < -0.3 is 9.14 Å². The van der Waals surface area contributed by atoms with Crippen LogP contribution >= 0.6 is 0 Å². The van der Waals surface area contributed by atoms with Gasteiger partial charge in [-0.3, -0.25) is 0 Å². The minimum atomic E-state index is -0.482. The molecule has 2 aromatic heterocycles. The largest absolute Gasteiger partial charge is 0.489 e. The maximum Gasteiger partial charge on any atom is 0.137 e. The monoisotopic (exact) mass is 350 g/mol. The average Bonchev–Trinajstić information content (AvgIpc) is 3.07. The lowest BCUT2D eigenvalue weighted by Crippen LogP contribution is -2.00. The number of rotatable bonds is 4. The van der Waals surface area contributed by atoms with Crippen molar-refractivity contribution in [2.75, 3.05) is 0 Å². The molecule has 4 aromatic rings. The van der Waals surface area contributed by atoms with E-state index in [1.54, 1.807) is 0 Å². The van der Waals surface area contributed by atoms with Crippen molar-refractivity contribution >= 4 is 5.65 Å². The van der Waals surface area contributed by atoms with Gasteiger partial charge in [0.25, 0.3) is 0 Å². The minimum absolute atomic E-state index is 0.0296. The van der Waals surface area contributed by atoms with Crippen LogP contribution < -0.4 is 4.74 Å². The maximum absolute atomic E-state index is 13.7. The topological polar surface area (TPSA) is 26.5 Å². The maximum atomic E-state index is 13.7. The van der Waals surface area contributed by atoms with E-state index in [0.717, 1.165) is 40.7 Å². The van der Waals surface area contributed by atoms with Crippen LogP contribution in [-0.2, 0) is 6.61 Å². The molecule has 0 unspecified atom stereocenters. The Bertz CT molecular complexity index is 1060. The number of hydrogen-bond donors (Lipinski definition) is 0. The van der Waals surface area contributed by atoms with Crippen LogP contribution in [0.1, 0.15) is 11.1 Å². The summed E-state index contributed by atoms with van der Waals surface area (Å²) in [6.45, 7) is 1.88. The van der Waals surface area contributed by atoms with Crippen LogP contribution in [0.15, 0.2) is 67.0 Å². The van der Waals surface area contributed by atoms with Crippen molar-refractivity contribution in [2.45, 2.75) is 13.5 Å². The van der Waals surface area contributed by atoms with Crippen LogP contribution in [0.4, 0.5) is 8.78 Å². The van der Waals surface area contributed by atoms with Crippen LogP contribution in [0.3, 0.4) is 0 Å². The molecule has 130 valence electrons. The lowest BCUT2D eigenvalue weighted by molar-refractivity contribution is 0.297. The van der Waals surface area contributed by atoms with Gasteiger partial charge >= 0.3 is 0 Å². The van der Waals surface area contributed by atoms with Gasteiger partial charge in [0.2, 0.25) is 0 Å². The quantitative estimate of drug-likeness (QED) is 0.508. The van der Waals surface area contributed by atoms with Crippen molar-refractivity contribution in [3.8, 4) is 17.0 Å². The summed E-state index contributed by atoms with van der Waals surface area (Å²) in [5.74, 6) is -0.338. The first kappa shape index (κ1) is 16.3. The van der Waals surface area contributed by atoms with E-state index in [2.05, 4.69) is 4.98 Å². The van der Waals surface area contributed by atoms with Crippen molar-refractivity contribution in [3.63, 3.8) is 0 Å². The lowest BCUT2D eigenvalue weighted by atomic mass is 10.1. The third-order valence-electron chi connectivity index (χ3n) is 4.23. The van der Waals surface area contributed by atoms with Crippen molar-refractivity contribution in [1.82, 2.24) is 9.38 Å². The van der Waals surface area contributed by atoms with Crippen LogP contribution in [0.5, 0.6) is 5.75 Å². The molecule has 0 aliphatic heterocycles. The summed E-state index contributed by atoms with van der Waals surface area (Å²) in [6.07, 6.45) is 3.91. The van der Waals surface area contributed by atoms with Crippen molar-refractivity contribution < 1.29 is 13.5 Å². The fourth-order valence-corrected chi connectivity index (χ4v) is 2.85. The van der Waals surface area contributed by atoms with Gasteiger partial charge in [-0.25, -0.2) is 13.8 Å². The molecule has 0 saturated carbocycles. The number of nitrogens with zero attached hydrogens (tertiary/aromatic N) is 2. The second-order valence-corrected chi connectivity index (χ2v) is 6.10. The highest BCUT2D eigenvalue weighted by molar-refractivity contribution is 5.64. The second-order valence-electron chi connectivity index (χ2n) is 6.10. The molecule has 0 N–H and O–H groups in total. The Hall–Kier alpha value is -3.21. The third-order valence-corrected chi connectivity index (χ3v) is 4.23. The van der Waals surface area contributed by atoms with Gasteiger partial charge in [-0.15, -0.1) is 0 Å². The standard InChI is InChI=1S/C21H16F2N2O/c1-14-10-15(19-12-25-9-3-2-4-21(25)24-19)5-8-20(14)26-13-16-11-17(22)6-7-18(16)23/h2-12H,13H2,1H3. The molecule has 2 heterocycles. The van der Waals surface area contributed by atoms with Gasteiger partial charge in [-0.1, -0.05) is 6.07 Å². The first-order valence-corrected chi connectivity index (χ1v) is 8.21. The first-order chi connectivity index (χ1) is 12.6. The van der Waals surface area contributed by atoms with Crippen LogP contribution in [0.25, 0.3) is 16.9 Å². The van der Waals surface area contributed by atoms with Gasteiger partial charge in [0, 0.05) is 23.5 Å². The molecule has 0 aliphatic rings. The summed E-state index contributed by atoms with van der Waals surface area (Å²) >= 11 is 0. The highest BCUT2D eigenvalue weighted by Gasteiger charge is 2.09. The van der Waals surface area contributed by atoms with E-state index in [0.29, 0.717) is 5.75 Å². The van der Waals surface area contributed by atoms with Gasteiger partial charge in [0.1, 0.15) is 29.6 Å².